The molecule has 0 spiro atoms. The Morgan fingerprint density at radius 1 is 1.12 bits per heavy atom. The minimum absolute atomic E-state index is 0.152. The quantitative estimate of drug-likeness (QED) is 0.442. The lowest BCUT2D eigenvalue weighted by atomic mass is 10.1. The minimum atomic E-state index is -0.375. The van der Waals surface area contributed by atoms with Crippen LogP contribution in [0.3, 0.4) is 0 Å². The number of nitrogens with zero attached hydrogens (tertiary/aromatic N) is 5. The molecule has 2 aromatic heterocycles. The van der Waals surface area contributed by atoms with Crippen molar-refractivity contribution in [1.82, 2.24) is 20.1 Å². The number of amides is 1. The third-order valence-electron chi connectivity index (χ3n) is 5.64. The fourth-order valence-corrected chi connectivity index (χ4v) is 3.99. The maximum absolute atomic E-state index is 12.8. The third kappa shape index (κ3) is 4.42. The summed E-state index contributed by atoms with van der Waals surface area (Å²) in [5.41, 5.74) is 4.58. The lowest BCUT2D eigenvalue weighted by Gasteiger charge is -2.28. The topological polar surface area (TPSA) is 108 Å². The molecule has 1 fully saturated rings. The lowest BCUT2D eigenvalue weighted by Crippen LogP contribution is -2.36. The van der Waals surface area contributed by atoms with Gasteiger partial charge in [0.25, 0.3) is 5.91 Å². The molecule has 0 radical (unpaired) electrons. The van der Waals surface area contributed by atoms with Gasteiger partial charge < -0.3 is 19.7 Å². The Hall–Kier alpha value is -3.63. The van der Waals surface area contributed by atoms with Crippen LogP contribution in [0, 0.1) is 13.8 Å². The monoisotopic (exact) mass is 482 g/mol. The first-order valence-electron chi connectivity index (χ1n) is 10.8. The van der Waals surface area contributed by atoms with Gasteiger partial charge in [0, 0.05) is 24.3 Å². The molecule has 0 bridgehead atoms. The summed E-state index contributed by atoms with van der Waals surface area (Å²) in [6.45, 7) is 6.80. The molecule has 176 valence electrons. The van der Waals surface area contributed by atoms with Crippen LogP contribution < -0.4 is 15.0 Å². The van der Waals surface area contributed by atoms with Crippen molar-refractivity contribution in [2.24, 2.45) is 0 Å². The first-order chi connectivity index (χ1) is 16.5. The van der Waals surface area contributed by atoms with Crippen LogP contribution in [0.4, 0.5) is 11.4 Å². The van der Waals surface area contributed by atoms with Crippen LogP contribution in [0.25, 0.3) is 11.0 Å². The van der Waals surface area contributed by atoms with Crippen molar-refractivity contribution in [1.29, 1.82) is 0 Å². The van der Waals surface area contributed by atoms with Gasteiger partial charge in [0.2, 0.25) is 0 Å². The number of fused-ring (bicyclic) bond motifs is 1. The summed E-state index contributed by atoms with van der Waals surface area (Å²) in [7, 11) is 0. The molecule has 1 N–H and O–H groups in total. The molecule has 0 aliphatic carbocycles. The van der Waals surface area contributed by atoms with Crippen molar-refractivity contribution in [2.75, 3.05) is 36.5 Å². The van der Waals surface area contributed by atoms with Crippen molar-refractivity contribution < 1.29 is 18.9 Å². The molecule has 1 aliphatic rings. The number of nitrogens with one attached hydrogen (secondary N) is 1. The van der Waals surface area contributed by atoms with Crippen molar-refractivity contribution in [3.05, 3.63) is 58.4 Å². The molecule has 1 amide bonds. The standard InChI is InChI=1S/C23H23ClN6O4/c1-14-11-16(12-15(2)20(14)24)33-13-30-6-5-18(26-30)23(31)25-17-3-4-19(22-21(17)27-34-28-22)29-7-9-32-10-8-29/h3-6,11-12H,7-10,13H2,1-2H3,(H,25,31). The Kier molecular flexibility index (Phi) is 6.08. The first-order valence-corrected chi connectivity index (χ1v) is 11.2. The van der Waals surface area contributed by atoms with Gasteiger partial charge in [0.1, 0.15) is 5.75 Å². The highest BCUT2D eigenvalue weighted by molar-refractivity contribution is 6.32. The van der Waals surface area contributed by atoms with Gasteiger partial charge in [0.05, 0.1) is 24.6 Å². The van der Waals surface area contributed by atoms with E-state index in [1.165, 1.54) is 0 Å². The van der Waals surface area contributed by atoms with Crippen LogP contribution in [0.2, 0.25) is 5.02 Å². The number of rotatable bonds is 6. The second kappa shape index (κ2) is 9.32. The number of carbonyl (C=O) groups excluding carboxylic acids is 1. The zero-order chi connectivity index (χ0) is 23.7. The number of aromatic nitrogens is 4. The van der Waals surface area contributed by atoms with Crippen LogP contribution in [0.1, 0.15) is 21.6 Å². The van der Waals surface area contributed by atoms with E-state index < -0.39 is 0 Å². The summed E-state index contributed by atoms with van der Waals surface area (Å²) in [6.07, 6.45) is 1.68. The number of carbonyl (C=O) groups is 1. The van der Waals surface area contributed by atoms with Crippen molar-refractivity contribution in [3.8, 4) is 5.75 Å². The maximum atomic E-state index is 12.8. The fourth-order valence-electron chi connectivity index (χ4n) is 3.88. The van der Waals surface area contributed by atoms with E-state index in [4.69, 9.17) is 25.7 Å². The van der Waals surface area contributed by atoms with Gasteiger partial charge in [-0.15, -0.1) is 0 Å². The van der Waals surface area contributed by atoms with Gasteiger partial charge >= 0.3 is 0 Å². The smallest absolute Gasteiger partial charge is 0.276 e. The number of anilines is 2. The van der Waals surface area contributed by atoms with Crippen LogP contribution in [0.15, 0.2) is 41.2 Å². The van der Waals surface area contributed by atoms with E-state index in [2.05, 4.69) is 25.6 Å². The molecule has 2 aromatic carbocycles. The summed E-state index contributed by atoms with van der Waals surface area (Å²) in [5.74, 6) is 0.308. The van der Waals surface area contributed by atoms with E-state index >= 15 is 0 Å². The van der Waals surface area contributed by atoms with Crippen LogP contribution in [-0.4, -0.2) is 52.3 Å². The third-order valence-corrected chi connectivity index (χ3v) is 6.24. The van der Waals surface area contributed by atoms with Crippen molar-refractivity contribution >= 4 is 39.9 Å². The van der Waals surface area contributed by atoms with Gasteiger partial charge in [-0.05, 0) is 65.6 Å². The second-order valence-corrected chi connectivity index (χ2v) is 8.41. The van der Waals surface area contributed by atoms with Gasteiger partial charge in [-0.1, -0.05) is 11.6 Å². The Balaban J connectivity index is 1.28. The molecular weight excluding hydrogens is 460 g/mol. The summed E-state index contributed by atoms with van der Waals surface area (Å²) >= 11 is 6.21. The Morgan fingerprint density at radius 3 is 2.62 bits per heavy atom. The minimum Gasteiger partial charge on any atom is -0.471 e. The second-order valence-electron chi connectivity index (χ2n) is 8.03. The van der Waals surface area contributed by atoms with Crippen molar-refractivity contribution in [3.63, 3.8) is 0 Å². The molecule has 3 heterocycles. The zero-order valence-corrected chi connectivity index (χ0v) is 19.5. The van der Waals surface area contributed by atoms with E-state index in [1.54, 1.807) is 23.0 Å². The van der Waals surface area contributed by atoms with E-state index in [1.807, 2.05) is 32.0 Å². The average molecular weight is 483 g/mol. The molecule has 0 saturated carbocycles. The van der Waals surface area contributed by atoms with Gasteiger partial charge in [-0.25, -0.2) is 9.31 Å². The SMILES string of the molecule is Cc1cc(OCn2ccc(C(=O)Nc3ccc(N4CCOCC4)c4nonc34)n2)cc(C)c1Cl. The molecule has 0 atom stereocenters. The zero-order valence-electron chi connectivity index (χ0n) is 18.7. The largest absolute Gasteiger partial charge is 0.471 e. The molecule has 0 unspecified atom stereocenters. The molecule has 5 rings (SSSR count). The fraction of sp³-hybridized carbons (Fsp3) is 0.304. The highest BCUT2D eigenvalue weighted by Gasteiger charge is 2.20. The molecule has 10 nitrogen and oxygen atoms in total. The number of ether oxygens (including phenoxy) is 2. The normalized spacial score (nSPS) is 13.9. The molecule has 4 aromatic rings. The number of hydrogen-bond acceptors (Lipinski definition) is 8. The molecule has 1 saturated heterocycles. The van der Waals surface area contributed by atoms with Crippen LogP contribution in [-0.2, 0) is 11.5 Å². The number of benzene rings is 2. The summed E-state index contributed by atoms with van der Waals surface area (Å²) < 4.78 is 17.7. The molecule has 1 aliphatic heterocycles. The number of halogens is 1. The highest BCUT2D eigenvalue weighted by Crippen LogP contribution is 2.31. The summed E-state index contributed by atoms with van der Waals surface area (Å²) in [5, 5.41) is 15.9. The van der Waals surface area contributed by atoms with Crippen LogP contribution >= 0.6 is 11.6 Å². The predicted molar refractivity (Wildman–Crippen MR) is 127 cm³/mol. The van der Waals surface area contributed by atoms with Crippen molar-refractivity contribution in [2.45, 2.75) is 20.6 Å². The Bertz CT molecular complexity index is 1320. The van der Waals surface area contributed by atoms with Gasteiger partial charge in [0.15, 0.2) is 23.5 Å². The Morgan fingerprint density at radius 2 is 1.85 bits per heavy atom. The Labute approximate surface area is 200 Å². The van der Waals surface area contributed by atoms with E-state index in [0.717, 1.165) is 34.9 Å². The molecule has 11 heteroatoms. The first kappa shape index (κ1) is 22.2. The highest BCUT2D eigenvalue weighted by atomic mass is 35.5. The van der Waals surface area contributed by atoms with E-state index in [9.17, 15) is 4.79 Å². The maximum Gasteiger partial charge on any atom is 0.276 e. The van der Waals surface area contributed by atoms with Gasteiger partial charge in [-0.2, -0.15) is 5.10 Å². The predicted octanol–water partition coefficient (Wildman–Crippen LogP) is 3.81. The molecule has 34 heavy (non-hydrogen) atoms. The number of hydrogen-bond donors (Lipinski definition) is 1. The van der Waals surface area contributed by atoms with Gasteiger partial charge in [-0.3, -0.25) is 4.79 Å². The summed E-state index contributed by atoms with van der Waals surface area (Å²) in [6, 6.07) is 9.04. The molecular formula is C23H23ClN6O4. The lowest BCUT2D eigenvalue weighted by molar-refractivity contribution is 0.102. The summed E-state index contributed by atoms with van der Waals surface area (Å²) in [4.78, 5) is 15.0. The van der Waals surface area contributed by atoms with E-state index in [0.29, 0.717) is 35.7 Å². The van der Waals surface area contributed by atoms with Crippen LogP contribution in [0.5, 0.6) is 5.75 Å². The number of morpholine rings is 1. The number of aryl methyl sites for hydroxylation is 2. The van der Waals surface area contributed by atoms with E-state index in [-0.39, 0.29) is 18.3 Å². The average Bonchev–Trinajstić information content (AvgIpc) is 3.52.